The van der Waals surface area contributed by atoms with Crippen LogP contribution < -0.4 is 0 Å². The molecule has 0 aromatic heterocycles. The van der Waals surface area contributed by atoms with Gasteiger partial charge in [0.15, 0.2) is 0 Å². The van der Waals surface area contributed by atoms with Crippen LogP contribution in [0.3, 0.4) is 0 Å². The van der Waals surface area contributed by atoms with E-state index in [1.807, 2.05) is 0 Å². The van der Waals surface area contributed by atoms with Crippen LogP contribution in [-0.2, 0) is 9.59 Å². The van der Waals surface area contributed by atoms with Gasteiger partial charge in [-0.05, 0) is 31.1 Å². The third kappa shape index (κ3) is 18.7. The second-order valence-corrected chi connectivity index (χ2v) is 10.8. The number of rotatable bonds is 22. The molecule has 0 bridgehead atoms. The first-order chi connectivity index (χ1) is 15.6. The Morgan fingerprint density at radius 2 is 0.938 bits per heavy atom. The molecule has 0 amide bonds. The Bertz CT molecular complexity index is 451. The summed E-state index contributed by atoms with van der Waals surface area (Å²) in [5, 5.41) is 8.60. The minimum absolute atomic E-state index is 0.333. The second-order valence-electron chi connectivity index (χ2n) is 10.8. The molecule has 0 aromatic carbocycles. The van der Waals surface area contributed by atoms with E-state index in [4.69, 9.17) is 5.11 Å². The molecule has 0 heterocycles. The van der Waals surface area contributed by atoms with Crippen molar-refractivity contribution in [1.29, 1.82) is 0 Å². The van der Waals surface area contributed by atoms with Crippen LogP contribution in [0.4, 0.5) is 0 Å². The fourth-order valence-corrected chi connectivity index (χ4v) is 5.18. The molecule has 1 aliphatic carbocycles. The molecule has 0 radical (unpaired) electrons. The first kappa shape index (κ1) is 29.2. The summed E-state index contributed by atoms with van der Waals surface area (Å²) in [6.45, 7) is 2.36. The maximum absolute atomic E-state index is 12.1. The van der Waals surface area contributed by atoms with Crippen molar-refractivity contribution in [2.24, 2.45) is 11.8 Å². The number of Topliss-reactive ketones (excluding diaryl/α,β-unsaturated/α-hetero) is 1. The summed E-state index contributed by atoms with van der Waals surface area (Å²) >= 11 is 0. The number of aliphatic carboxylic acids is 1. The van der Waals surface area contributed by atoms with Gasteiger partial charge in [0.1, 0.15) is 5.78 Å². The molecule has 1 fully saturated rings. The first-order valence-corrected chi connectivity index (χ1v) is 14.3. The van der Waals surface area contributed by atoms with Gasteiger partial charge in [-0.1, -0.05) is 122 Å². The van der Waals surface area contributed by atoms with Gasteiger partial charge in [0.05, 0.1) is 0 Å². The van der Waals surface area contributed by atoms with Crippen molar-refractivity contribution in [3.8, 4) is 0 Å². The highest BCUT2D eigenvalue weighted by Crippen LogP contribution is 2.31. The summed E-state index contributed by atoms with van der Waals surface area (Å²) in [5.41, 5.74) is 0. The highest BCUT2D eigenvalue weighted by Gasteiger charge is 2.18. The van der Waals surface area contributed by atoms with E-state index in [0.29, 0.717) is 12.2 Å². The van der Waals surface area contributed by atoms with E-state index in [9.17, 15) is 9.59 Å². The topological polar surface area (TPSA) is 54.4 Å². The molecular weight excluding hydrogens is 396 g/mol. The van der Waals surface area contributed by atoms with E-state index >= 15 is 0 Å². The Morgan fingerprint density at radius 3 is 1.34 bits per heavy atom. The average Bonchev–Trinajstić information content (AvgIpc) is 2.77. The van der Waals surface area contributed by atoms with Gasteiger partial charge >= 0.3 is 5.97 Å². The molecule has 1 N–H and O–H groups in total. The lowest BCUT2D eigenvalue weighted by atomic mass is 9.80. The smallest absolute Gasteiger partial charge is 0.303 e. The number of unbranched alkanes of at least 4 members (excludes halogenated alkanes) is 15. The van der Waals surface area contributed by atoms with Crippen LogP contribution in [0.1, 0.15) is 161 Å². The van der Waals surface area contributed by atoms with E-state index in [1.165, 1.54) is 109 Å². The molecule has 0 spiro atoms. The summed E-state index contributed by atoms with van der Waals surface area (Å²) in [4.78, 5) is 22.6. The lowest BCUT2D eigenvalue weighted by Gasteiger charge is -2.25. The number of ketones is 1. The molecule has 0 aromatic rings. The number of carboxylic acids is 1. The maximum Gasteiger partial charge on any atom is 0.303 e. The van der Waals surface area contributed by atoms with Crippen LogP contribution in [0.2, 0.25) is 0 Å². The number of hydrogen-bond acceptors (Lipinski definition) is 2. The van der Waals surface area contributed by atoms with Gasteiger partial charge in [-0.25, -0.2) is 0 Å². The molecule has 1 rings (SSSR count). The van der Waals surface area contributed by atoms with Gasteiger partial charge in [-0.2, -0.15) is 0 Å². The SMILES string of the molecule is CC1CCC(CCC(=O)CCCCCCCCCCCCCCCCCCC(=O)O)CC1. The predicted octanol–water partition coefficient (Wildman–Crippen LogP) is 9.27. The molecule has 3 heteroatoms. The molecule has 0 aliphatic heterocycles. The van der Waals surface area contributed by atoms with Gasteiger partial charge in [-0.15, -0.1) is 0 Å². The van der Waals surface area contributed by atoms with Crippen molar-refractivity contribution in [2.45, 2.75) is 161 Å². The Kier molecular flexibility index (Phi) is 18.9. The molecular formula is C29H54O3. The van der Waals surface area contributed by atoms with Crippen molar-refractivity contribution in [2.75, 3.05) is 0 Å². The number of carboxylic acid groups (broad SMARTS) is 1. The van der Waals surface area contributed by atoms with Crippen molar-refractivity contribution < 1.29 is 14.7 Å². The summed E-state index contributed by atoms with van der Waals surface area (Å²) in [6.07, 6.45) is 28.9. The van der Waals surface area contributed by atoms with Crippen molar-refractivity contribution in [3.05, 3.63) is 0 Å². The standard InChI is InChI=1S/C29H54O3/c1-26-20-22-27(23-21-26)24-25-28(30)18-16-14-12-10-8-6-4-2-3-5-7-9-11-13-15-17-19-29(31)32/h26-27H,2-25H2,1H3,(H,31,32). The fourth-order valence-electron chi connectivity index (χ4n) is 5.18. The van der Waals surface area contributed by atoms with E-state index in [2.05, 4.69) is 6.92 Å². The highest BCUT2D eigenvalue weighted by molar-refractivity contribution is 5.78. The highest BCUT2D eigenvalue weighted by atomic mass is 16.4. The zero-order valence-electron chi connectivity index (χ0n) is 21.4. The Balaban J connectivity index is 1.72. The zero-order valence-corrected chi connectivity index (χ0v) is 21.4. The van der Waals surface area contributed by atoms with Crippen LogP contribution in [0.5, 0.6) is 0 Å². The zero-order chi connectivity index (χ0) is 23.3. The fraction of sp³-hybridized carbons (Fsp3) is 0.931. The van der Waals surface area contributed by atoms with Gasteiger partial charge < -0.3 is 5.11 Å². The van der Waals surface area contributed by atoms with Gasteiger partial charge in [0.2, 0.25) is 0 Å². The van der Waals surface area contributed by atoms with Crippen molar-refractivity contribution >= 4 is 11.8 Å². The van der Waals surface area contributed by atoms with Crippen LogP contribution in [0, 0.1) is 11.8 Å². The lowest BCUT2D eigenvalue weighted by molar-refractivity contribution is -0.137. The number of carbonyl (C=O) groups is 2. The van der Waals surface area contributed by atoms with Crippen molar-refractivity contribution in [3.63, 3.8) is 0 Å². The van der Waals surface area contributed by atoms with Gasteiger partial charge in [-0.3, -0.25) is 9.59 Å². The average molecular weight is 451 g/mol. The van der Waals surface area contributed by atoms with Gasteiger partial charge in [0.25, 0.3) is 0 Å². The molecule has 1 saturated carbocycles. The molecule has 0 unspecified atom stereocenters. The van der Waals surface area contributed by atoms with Crippen LogP contribution in [0.15, 0.2) is 0 Å². The second kappa shape index (κ2) is 20.7. The van der Waals surface area contributed by atoms with E-state index in [1.54, 1.807) is 0 Å². The largest absolute Gasteiger partial charge is 0.481 e. The first-order valence-electron chi connectivity index (χ1n) is 14.3. The Morgan fingerprint density at radius 1 is 0.562 bits per heavy atom. The molecule has 32 heavy (non-hydrogen) atoms. The summed E-state index contributed by atoms with van der Waals surface area (Å²) in [6, 6.07) is 0. The molecule has 1 aliphatic rings. The summed E-state index contributed by atoms with van der Waals surface area (Å²) in [5.74, 6) is 1.59. The molecule has 3 nitrogen and oxygen atoms in total. The lowest BCUT2D eigenvalue weighted by Crippen LogP contribution is -2.13. The van der Waals surface area contributed by atoms with Crippen LogP contribution in [-0.4, -0.2) is 16.9 Å². The van der Waals surface area contributed by atoms with Crippen LogP contribution in [0.25, 0.3) is 0 Å². The minimum Gasteiger partial charge on any atom is -0.481 e. The van der Waals surface area contributed by atoms with E-state index in [-0.39, 0.29) is 0 Å². The Hall–Kier alpha value is -0.860. The minimum atomic E-state index is -0.661. The third-order valence-electron chi connectivity index (χ3n) is 7.56. The third-order valence-corrected chi connectivity index (χ3v) is 7.56. The van der Waals surface area contributed by atoms with E-state index < -0.39 is 5.97 Å². The van der Waals surface area contributed by atoms with Gasteiger partial charge in [0, 0.05) is 19.3 Å². The Labute approximate surface area is 199 Å². The normalized spacial score (nSPS) is 18.7. The van der Waals surface area contributed by atoms with Crippen molar-refractivity contribution in [1.82, 2.24) is 0 Å². The molecule has 188 valence electrons. The van der Waals surface area contributed by atoms with E-state index in [0.717, 1.165) is 50.4 Å². The van der Waals surface area contributed by atoms with Crippen LogP contribution >= 0.6 is 0 Å². The predicted molar refractivity (Wildman–Crippen MR) is 136 cm³/mol. The number of carbonyl (C=O) groups excluding carboxylic acids is 1. The monoisotopic (exact) mass is 450 g/mol. The molecule has 0 atom stereocenters. The quantitative estimate of drug-likeness (QED) is 0.167. The number of hydrogen-bond donors (Lipinski definition) is 1. The molecule has 0 saturated heterocycles. The summed E-state index contributed by atoms with van der Waals surface area (Å²) < 4.78 is 0. The summed E-state index contributed by atoms with van der Waals surface area (Å²) in [7, 11) is 0. The maximum atomic E-state index is 12.1.